The van der Waals surface area contributed by atoms with E-state index in [0.29, 0.717) is 25.4 Å². The molecule has 0 aromatic carbocycles. The second-order valence-corrected chi connectivity index (χ2v) is 7.05. The first kappa shape index (κ1) is 16.9. The van der Waals surface area contributed by atoms with Crippen molar-refractivity contribution < 1.29 is 13.2 Å². The minimum absolute atomic E-state index is 0.0381. The van der Waals surface area contributed by atoms with Gasteiger partial charge in [0, 0.05) is 27.2 Å². The average molecular weight is 304 g/mol. The number of rotatable bonds is 7. The largest absolute Gasteiger partial charge is 0.383 e. The molecule has 0 aliphatic rings. The van der Waals surface area contributed by atoms with Crippen LogP contribution in [0.2, 0.25) is 0 Å². The zero-order valence-corrected chi connectivity index (χ0v) is 13.6. The lowest BCUT2D eigenvalue weighted by Gasteiger charge is -2.23. The van der Waals surface area contributed by atoms with Crippen LogP contribution < -0.4 is 5.73 Å². The van der Waals surface area contributed by atoms with Gasteiger partial charge in [-0.2, -0.15) is 9.40 Å². The van der Waals surface area contributed by atoms with Gasteiger partial charge in [-0.15, -0.1) is 0 Å². The lowest BCUT2D eigenvalue weighted by molar-refractivity contribution is 0.175. The summed E-state index contributed by atoms with van der Waals surface area (Å²) in [7, 11) is -0.445. The van der Waals surface area contributed by atoms with Crippen molar-refractivity contribution in [3.63, 3.8) is 0 Å². The Morgan fingerprint density at radius 2 is 2.05 bits per heavy atom. The summed E-state index contributed by atoms with van der Waals surface area (Å²) < 4.78 is 33.4. The Morgan fingerprint density at radius 1 is 1.45 bits per heavy atom. The van der Waals surface area contributed by atoms with Crippen molar-refractivity contribution in [3.05, 3.63) is 5.69 Å². The van der Waals surface area contributed by atoms with Crippen LogP contribution in [-0.2, 0) is 21.8 Å². The first-order valence-electron chi connectivity index (χ1n) is 6.50. The van der Waals surface area contributed by atoms with Gasteiger partial charge in [0.25, 0.3) is 0 Å². The van der Waals surface area contributed by atoms with Gasteiger partial charge in [-0.3, -0.25) is 4.68 Å². The Morgan fingerprint density at radius 3 is 2.45 bits per heavy atom. The summed E-state index contributed by atoms with van der Waals surface area (Å²) in [5, 5.41) is 3.98. The highest BCUT2D eigenvalue weighted by Crippen LogP contribution is 2.25. The molecule has 8 heteroatoms. The molecule has 0 radical (unpaired) electrons. The Labute approximate surface area is 120 Å². The quantitative estimate of drug-likeness (QED) is 0.797. The minimum atomic E-state index is -3.66. The molecular formula is C12H24N4O3S. The molecule has 20 heavy (non-hydrogen) atoms. The number of aryl methyl sites for hydroxylation is 1. The van der Waals surface area contributed by atoms with Crippen molar-refractivity contribution in [2.45, 2.75) is 25.7 Å². The summed E-state index contributed by atoms with van der Waals surface area (Å²) in [6.45, 7) is 6.68. The number of hydrogen-bond donors (Lipinski definition) is 1. The number of nitrogens with two attached hydrogens (primary N) is 1. The Bertz CT molecular complexity index is 551. The minimum Gasteiger partial charge on any atom is -0.383 e. The second-order valence-electron chi connectivity index (χ2n) is 5.17. The fraction of sp³-hybridized carbons (Fsp3) is 0.750. The average Bonchev–Trinajstić information content (AvgIpc) is 2.58. The molecule has 116 valence electrons. The van der Waals surface area contributed by atoms with Crippen LogP contribution in [0, 0.1) is 12.8 Å². The van der Waals surface area contributed by atoms with Gasteiger partial charge in [0.1, 0.15) is 4.90 Å². The van der Waals surface area contributed by atoms with Crippen LogP contribution in [0.15, 0.2) is 4.90 Å². The molecule has 0 aliphatic carbocycles. The maximum atomic E-state index is 12.8. The molecule has 0 saturated heterocycles. The summed E-state index contributed by atoms with van der Waals surface area (Å²) in [5.74, 6) is 0.246. The third kappa shape index (κ3) is 3.50. The molecular weight excluding hydrogens is 280 g/mol. The lowest BCUT2D eigenvalue weighted by Crippen LogP contribution is -2.37. The summed E-state index contributed by atoms with van der Waals surface area (Å²) >= 11 is 0. The van der Waals surface area contributed by atoms with E-state index in [1.807, 2.05) is 13.8 Å². The van der Waals surface area contributed by atoms with E-state index >= 15 is 0 Å². The zero-order chi connectivity index (χ0) is 15.5. The predicted molar refractivity (Wildman–Crippen MR) is 77.8 cm³/mol. The summed E-state index contributed by atoms with van der Waals surface area (Å²) in [5.41, 5.74) is 6.29. The molecule has 2 N–H and O–H groups in total. The van der Waals surface area contributed by atoms with E-state index in [4.69, 9.17) is 10.5 Å². The van der Waals surface area contributed by atoms with Gasteiger partial charge in [-0.05, 0) is 12.8 Å². The van der Waals surface area contributed by atoms with Gasteiger partial charge in [0.2, 0.25) is 10.0 Å². The van der Waals surface area contributed by atoms with Gasteiger partial charge in [0.15, 0.2) is 5.82 Å². The van der Waals surface area contributed by atoms with Gasteiger partial charge in [0.05, 0.1) is 12.3 Å². The zero-order valence-electron chi connectivity index (χ0n) is 12.8. The standard InChI is InChI=1S/C12H24N4O3S/c1-9(2)8-16(6-7-19-5)20(17,18)11-10(3)15(4)14-12(11)13/h9H,6-8H2,1-5H3,(H2,13,14). The fourth-order valence-electron chi connectivity index (χ4n) is 1.97. The number of nitrogen functional groups attached to an aromatic ring is 1. The first-order chi connectivity index (χ1) is 9.21. The number of aromatic nitrogens is 2. The second kappa shape index (κ2) is 6.55. The van der Waals surface area contributed by atoms with E-state index in [9.17, 15) is 8.42 Å². The van der Waals surface area contributed by atoms with Crippen molar-refractivity contribution in [2.75, 3.05) is 32.5 Å². The van der Waals surface area contributed by atoms with Crippen LogP contribution in [0.4, 0.5) is 5.82 Å². The SMILES string of the molecule is COCCN(CC(C)C)S(=O)(=O)c1c(N)nn(C)c1C. The van der Waals surface area contributed by atoms with Crippen LogP contribution in [0.3, 0.4) is 0 Å². The smallest absolute Gasteiger partial charge is 0.248 e. The van der Waals surface area contributed by atoms with E-state index in [0.717, 1.165) is 0 Å². The monoisotopic (exact) mass is 304 g/mol. The third-order valence-corrected chi connectivity index (χ3v) is 5.05. The molecule has 0 spiro atoms. The molecule has 1 heterocycles. The molecule has 0 fully saturated rings. The molecule has 1 rings (SSSR count). The van der Waals surface area contributed by atoms with Crippen molar-refractivity contribution in [2.24, 2.45) is 13.0 Å². The molecule has 1 aromatic heterocycles. The van der Waals surface area contributed by atoms with E-state index < -0.39 is 10.0 Å². The molecule has 1 aromatic rings. The fourth-order valence-corrected chi connectivity index (χ4v) is 3.85. The van der Waals surface area contributed by atoms with Crippen molar-refractivity contribution in [3.8, 4) is 0 Å². The topological polar surface area (TPSA) is 90.4 Å². The summed E-state index contributed by atoms with van der Waals surface area (Å²) in [6, 6.07) is 0. The van der Waals surface area contributed by atoms with Crippen molar-refractivity contribution in [1.82, 2.24) is 14.1 Å². The maximum Gasteiger partial charge on any atom is 0.248 e. The molecule has 0 unspecified atom stereocenters. The summed E-state index contributed by atoms with van der Waals surface area (Å²) in [4.78, 5) is 0.0942. The molecule has 7 nitrogen and oxygen atoms in total. The van der Waals surface area contributed by atoms with Gasteiger partial charge in [-0.25, -0.2) is 8.42 Å². The molecule has 0 aliphatic heterocycles. The number of methoxy groups -OCH3 is 1. The van der Waals surface area contributed by atoms with Crippen LogP contribution in [0.25, 0.3) is 0 Å². The third-order valence-electron chi connectivity index (χ3n) is 3.02. The highest BCUT2D eigenvalue weighted by atomic mass is 32.2. The number of anilines is 1. The van der Waals surface area contributed by atoms with Gasteiger partial charge < -0.3 is 10.5 Å². The van der Waals surface area contributed by atoms with Crippen molar-refractivity contribution in [1.29, 1.82) is 0 Å². The number of sulfonamides is 1. The van der Waals surface area contributed by atoms with Crippen LogP contribution in [0.1, 0.15) is 19.5 Å². The number of ether oxygens (including phenoxy) is 1. The van der Waals surface area contributed by atoms with Crippen LogP contribution in [-0.4, -0.2) is 49.3 Å². The number of nitrogens with zero attached hydrogens (tertiary/aromatic N) is 3. The van der Waals surface area contributed by atoms with Gasteiger partial charge >= 0.3 is 0 Å². The maximum absolute atomic E-state index is 12.8. The van der Waals surface area contributed by atoms with E-state index in [1.54, 1.807) is 21.1 Å². The predicted octanol–water partition coefficient (Wildman–Crippen LogP) is 0.604. The van der Waals surface area contributed by atoms with E-state index in [1.165, 1.54) is 8.99 Å². The van der Waals surface area contributed by atoms with Crippen LogP contribution >= 0.6 is 0 Å². The highest BCUT2D eigenvalue weighted by Gasteiger charge is 2.31. The number of hydrogen-bond acceptors (Lipinski definition) is 5. The first-order valence-corrected chi connectivity index (χ1v) is 7.94. The Kier molecular flexibility index (Phi) is 5.55. The molecule has 0 saturated carbocycles. The molecule has 0 atom stereocenters. The Hall–Kier alpha value is -1.12. The molecule has 0 amide bonds. The Balaban J connectivity index is 3.21. The van der Waals surface area contributed by atoms with Gasteiger partial charge in [-0.1, -0.05) is 13.8 Å². The van der Waals surface area contributed by atoms with Crippen molar-refractivity contribution >= 4 is 15.8 Å². The normalized spacial score (nSPS) is 12.6. The molecule has 0 bridgehead atoms. The summed E-state index contributed by atoms with van der Waals surface area (Å²) in [6.07, 6.45) is 0. The lowest BCUT2D eigenvalue weighted by atomic mass is 10.2. The van der Waals surface area contributed by atoms with E-state index in [2.05, 4.69) is 5.10 Å². The highest BCUT2D eigenvalue weighted by molar-refractivity contribution is 7.89. The van der Waals surface area contributed by atoms with Crippen LogP contribution in [0.5, 0.6) is 0 Å². The van der Waals surface area contributed by atoms with E-state index in [-0.39, 0.29) is 16.6 Å².